The summed E-state index contributed by atoms with van der Waals surface area (Å²) in [6, 6.07) is 0. The highest BCUT2D eigenvalue weighted by molar-refractivity contribution is 5.47. The minimum absolute atomic E-state index is 0.684. The number of hydrogen-bond donors (Lipinski definition) is 1. The zero-order valence-electron chi connectivity index (χ0n) is 13.0. The van der Waals surface area contributed by atoms with Gasteiger partial charge in [-0.25, -0.2) is 4.98 Å². The van der Waals surface area contributed by atoms with Gasteiger partial charge in [-0.3, -0.25) is 4.90 Å². The molecule has 1 N–H and O–H groups in total. The molecule has 0 radical (unpaired) electrons. The molecule has 4 nitrogen and oxygen atoms in total. The third-order valence-corrected chi connectivity index (χ3v) is 4.60. The van der Waals surface area contributed by atoms with E-state index in [1.807, 2.05) is 0 Å². The predicted molar refractivity (Wildman–Crippen MR) is 83.0 cm³/mol. The Balaban J connectivity index is 1.82. The van der Waals surface area contributed by atoms with Crippen molar-refractivity contribution >= 4 is 5.82 Å². The number of imidazole rings is 1. The van der Waals surface area contributed by atoms with Crippen molar-refractivity contribution in [3.8, 4) is 0 Å². The quantitative estimate of drug-likeness (QED) is 0.894. The zero-order valence-corrected chi connectivity index (χ0v) is 13.0. The van der Waals surface area contributed by atoms with Crippen molar-refractivity contribution < 1.29 is 0 Å². The highest BCUT2D eigenvalue weighted by Crippen LogP contribution is 2.35. The molecule has 1 fully saturated rings. The van der Waals surface area contributed by atoms with Gasteiger partial charge in [0, 0.05) is 19.0 Å². The fourth-order valence-electron chi connectivity index (χ4n) is 3.68. The normalized spacial score (nSPS) is 20.6. The van der Waals surface area contributed by atoms with Crippen LogP contribution in [-0.2, 0) is 6.54 Å². The van der Waals surface area contributed by atoms with Gasteiger partial charge in [0.1, 0.15) is 5.82 Å². The van der Waals surface area contributed by atoms with Crippen LogP contribution in [0.3, 0.4) is 0 Å². The largest absolute Gasteiger partial charge is 0.343 e. The van der Waals surface area contributed by atoms with Crippen molar-refractivity contribution in [2.45, 2.75) is 64.8 Å². The molecular formula is C16H28N4. The number of nitrogens with one attached hydrogen (secondary N) is 1. The minimum Gasteiger partial charge on any atom is -0.343 e. The average molecular weight is 276 g/mol. The molecule has 0 saturated heterocycles. The van der Waals surface area contributed by atoms with Crippen LogP contribution in [0.15, 0.2) is 0 Å². The second kappa shape index (κ2) is 6.17. The summed E-state index contributed by atoms with van der Waals surface area (Å²) in [5, 5.41) is 0. The second-order valence-corrected chi connectivity index (χ2v) is 6.36. The van der Waals surface area contributed by atoms with E-state index in [0.29, 0.717) is 5.92 Å². The van der Waals surface area contributed by atoms with Crippen LogP contribution in [0.25, 0.3) is 0 Å². The Bertz CT molecular complexity index is 434. The molecule has 0 unspecified atom stereocenters. The topological polar surface area (TPSA) is 35.2 Å². The third-order valence-electron chi connectivity index (χ3n) is 4.60. The van der Waals surface area contributed by atoms with Gasteiger partial charge in [0.15, 0.2) is 5.82 Å². The molecular weight excluding hydrogens is 248 g/mol. The maximum Gasteiger partial charge on any atom is 0.152 e. The Kier molecular flexibility index (Phi) is 4.29. The number of nitrogens with zero attached hydrogens (tertiary/aromatic N) is 3. The van der Waals surface area contributed by atoms with E-state index in [1.165, 1.54) is 62.4 Å². The molecule has 0 bridgehead atoms. The maximum absolute atomic E-state index is 4.97. The van der Waals surface area contributed by atoms with E-state index in [0.717, 1.165) is 19.8 Å². The monoisotopic (exact) mass is 276 g/mol. The standard InChI is InChI=1S/C16H28N4/c1-3-9-19-11-14-16(20(12-19)10-4-2)18-15(17-14)13-7-5-6-8-13/h13H,3-12H2,1-2H3,(H,17,18). The molecule has 1 aliphatic carbocycles. The number of anilines is 1. The first-order chi connectivity index (χ1) is 9.81. The lowest BCUT2D eigenvalue weighted by atomic mass is 10.1. The summed E-state index contributed by atoms with van der Waals surface area (Å²) >= 11 is 0. The van der Waals surface area contributed by atoms with Gasteiger partial charge in [0.2, 0.25) is 0 Å². The molecule has 112 valence electrons. The summed E-state index contributed by atoms with van der Waals surface area (Å²) in [6.07, 6.45) is 7.79. The molecule has 1 aromatic heterocycles. The lowest BCUT2D eigenvalue weighted by Gasteiger charge is -2.35. The van der Waals surface area contributed by atoms with E-state index in [-0.39, 0.29) is 0 Å². The first-order valence-electron chi connectivity index (χ1n) is 8.37. The molecule has 1 aliphatic heterocycles. The predicted octanol–water partition coefficient (Wildman–Crippen LogP) is 3.47. The summed E-state index contributed by atoms with van der Waals surface area (Å²) in [5.41, 5.74) is 1.35. The van der Waals surface area contributed by atoms with Gasteiger partial charge in [-0.15, -0.1) is 0 Å². The summed E-state index contributed by atoms with van der Waals surface area (Å²) in [6.45, 7) is 8.89. The number of rotatable bonds is 5. The SMILES string of the molecule is CCCN1Cc2[nH]c(C3CCCC3)nc2N(CCC)C1. The Morgan fingerprint density at radius 1 is 1.15 bits per heavy atom. The van der Waals surface area contributed by atoms with Crippen LogP contribution < -0.4 is 4.90 Å². The summed E-state index contributed by atoms with van der Waals surface area (Å²) in [5.74, 6) is 3.18. The van der Waals surface area contributed by atoms with Crippen molar-refractivity contribution in [1.82, 2.24) is 14.9 Å². The summed E-state index contributed by atoms with van der Waals surface area (Å²) < 4.78 is 0. The summed E-state index contributed by atoms with van der Waals surface area (Å²) in [7, 11) is 0. The van der Waals surface area contributed by atoms with E-state index >= 15 is 0 Å². The molecule has 1 saturated carbocycles. The van der Waals surface area contributed by atoms with Crippen LogP contribution in [0.4, 0.5) is 5.82 Å². The highest BCUT2D eigenvalue weighted by atomic mass is 15.4. The molecule has 0 amide bonds. The zero-order chi connectivity index (χ0) is 13.9. The van der Waals surface area contributed by atoms with Crippen molar-refractivity contribution in [3.05, 3.63) is 11.5 Å². The van der Waals surface area contributed by atoms with E-state index in [1.54, 1.807) is 0 Å². The Labute approximate surface area is 122 Å². The van der Waals surface area contributed by atoms with Crippen molar-refractivity contribution in [1.29, 1.82) is 0 Å². The molecule has 0 aromatic carbocycles. The fraction of sp³-hybridized carbons (Fsp3) is 0.812. The van der Waals surface area contributed by atoms with Crippen molar-refractivity contribution in [2.24, 2.45) is 0 Å². The van der Waals surface area contributed by atoms with E-state index in [9.17, 15) is 0 Å². The van der Waals surface area contributed by atoms with Gasteiger partial charge < -0.3 is 9.88 Å². The molecule has 20 heavy (non-hydrogen) atoms. The highest BCUT2D eigenvalue weighted by Gasteiger charge is 2.28. The Morgan fingerprint density at radius 3 is 2.60 bits per heavy atom. The molecule has 2 heterocycles. The molecule has 3 rings (SSSR count). The fourth-order valence-corrected chi connectivity index (χ4v) is 3.68. The number of hydrogen-bond acceptors (Lipinski definition) is 3. The van der Waals surface area contributed by atoms with E-state index in [4.69, 9.17) is 4.98 Å². The van der Waals surface area contributed by atoms with Gasteiger partial charge >= 0.3 is 0 Å². The Morgan fingerprint density at radius 2 is 1.90 bits per heavy atom. The molecule has 0 spiro atoms. The smallest absolute Gasteiger partial charge is 0.152 e. The lowest BCUT2D eigenvalue weighted by Crippen LogP contribution is -2.43. The second-order valence-electron chi connectivity index (χ2n) is 6.36. The molecule has 4 heteroatoms. The van der Waals surface area contributed by atoms with Gasteiger partial charge in [-0.2, -0.15) is 0 Å². The minimum atomic E-state index is 0.684. The van der Waals surface area contributed by atoms with E-state index < -0.39 is 0 Å². The Hall–Kier alpha value is -1.03. The van der Waals surface area contributed by atoms with Crippen LogP contribution in [0.2, 0.25) is 0 Å². The van der Waals surface area contributed by atoms with E-state index in [2.05, 4.69) is 28.6 Å². The van der Waals surface area contributed by atoms with Gasteiger partial charge in [0.05, 0.1) is 12.4 Å². The molecule has 0 atom stereocenters. The van der Waals surface area contributed by atoms with Crippen molar-refractivity contribution in [3.63, 3.8) is 0 Å². The van der Waals surface area contributed by atoms with Gasteiger partial charge in [0.25, 0.3) is 0 Å². The number of aromatic amines is 1. The van der Waals surface area contributed by atoms with Crippen LogP contribution in [0.5, 0.6) is 0 Å². The molecule has 2 aliphatic rings. The number of H-pyrrole nitrogens is 1. The maximum atomic E-state index is 4.97. The third kappa shape index (κ3) is 2.71. The van der Waals surface area contributed by atoms with Crippen molar-refractivity contribution in [2.75, 3.05) is 24.7 Å². The van der Waals surface area contributed by atoms with Crippen LogP contribution in [0, 0.1) is 0 Å². The van der Waals surface area contributed by atoms with Crippen LogP contribution >= 0.6 is 0 Å². The number of fused-ring (bicyclic) bond motifs is 1. The first kappa shape index (κ1) is 13.9. The van der Waals surface area contributed by atoms with Gasteiger partial charge in [-0.1, -0.05) is 26.7 Å². The van der Waals surface area contributed by atoms with Crippen LogP contribution in [0.1, 0.15) is 69.8 Å². The molecule has 1 aromatic rings. The number of aromatic nitrogens is 2. The average Bonchev–Trinajstić information content (AvgIpc) is 3.08. The van der Waals surface area contributed by atoms with Crippen LogP contribution in [-0.4, -0.2) is 34.6 Å². The first-order valence-corrected chi connectivity index (χ1v) is 8.37. The lowest BCUT2D eigenvalue weighted by molar-refractivity contribution is 0.248. The van der Waals surface area contributed by atoms with Gasteiger partial charge in [-0.05, 0) is 32.2 Å². The summed E-state index contributed by atoms with van der Waals surface area (Å²) in [4.78, 5) is 13.6.